The van der Waals surface area contributed by atoms with Crippen molar-refractivity contribution in [3.63, 3.8) is 0 Å². The minimum Gasteiger partial charge on any atom is -0.508 e. The van der Waals surface area contributed by atoms with E-state index < -0.39 is 16.2 Å². The molecule has 0 radical (unpaired) electrons. The van der Waals surface area contributed by atoms with Crippen molar-refractivity contribution in [2.45, 2.75) is 52.7 Å². The largest absolute Gasteiger partial charge is 0.508 e. The Bertz CT molecular complexity index is 1720. The Balaban J connectivity index is 1.53. The first-order chi connectivity index (χ1) is 19.6. The van der Waals surface area contributed by atoms with E-state index in [0.717, 1.165) is 33.3 Å². The second kappa shape index (κ2) is 11.5. The molecule has 3 aromatic carbocycles. The number of phenolic OH excluding ortho intramolecular Hbond substituents is 1. The molecule has 1 atom stereocenters. The number of rotatable bonds is 9. The standard InChI is InChI=1S/C29H32N4O7S/c1-4-39-28(36)15-25(24-8-9-26-29(19(24)3)30-31-33(26)11-12-34)20-6-5-18(2)21(13-20)16-32-17-22-14-23(35)7-10-27(22)40-41(32,37)38/h5-10,13-14,25,34-35H,4,11-12,15-17H2,1-3H3. The summed E-state index contributed by atoms with van der Waals surface area (Å²) < 4.78 is 39.4. The first-order valence-corrected chi connectivity index (χ1v) is 14.7. The van der Waals surface area contributed by atoms with Crippen molar-refractivity contribution in [1.82, 2.24) is 19.3 Å². The molecule has 1 aliphatic heterocycles. The van der Waals surface area contributed by atoms with Crippen molar-refractivity contribution in [3.05, 3.63) is 81.9 Å². The van der Waals surface area contributed by atoms with Crippen LogP contribution >= 0.6 is 0 Å². The first-order valence-electron chi connectivity index (χ1n) is 13.3. The predicted molar refractivity (Wildman–Crippen MR) is 151 cm³/mol. The third kappa shape index (κ3) is 5.76. The molecule has 0 saturated carbocycles. The van der Waals surface area contributed by atoms with Gasteiger partial charge in [0.15, 0.2) is 0 Å². The number of aliphatic hydroxyl groups excluding tert-OH is 1. The molecule has 2 N–H and O–H groups in total. The maximum absolute atomic E-state index is 13.0. The SMILES string of the molecule is CCOC(=O)CC(c1ccc(C)c(CN2Cc3cc(O)ccc3OS2(=O)=O)c1)c1ccc2c(nnn2CCO)c1C. The van der Waals surface area contributed by atoms with Crippen LogP contribution in [0.2, 0.25) is 0 Å². The number of aliphatic hydroxyl groups is 1. The van der Waals surface area contributed by atoms with E-state index in [-0.39, 0.29) is 50.2 Å². The number of benzene rings is 3. The molecular formula is C29H32N4O7S. The van der Waals surface area contributed by atoms with Crippen molar-refractivity contribution in [3.8, 4) is 11.5 Å². The molecule has 5 rings (SSSR count). The quantitative estimate of drug-likeness (QED) is 0.284. The van der Waals surface area contributed by atoms with Gasteiger partial charge in [0.2, 0.25) is 0 Å². The summed E-state index contributed by atoms with van der Waals surface area (Å²) in [7, 11) is -4.07. The number of hydrogen-bond donors (Lipinski definition) is 2. The topological polar surface area (TPSA) is 144 Å². The van der Waals surface area contributed by atoms with Crippen LogP contribution in [0.5, 0.6) is 11.5 Å². The van der Waals surface area contributed by atoms with Crippen LogP contribution in [0.3, 0.4) is 0 Å². The van der Waals surface area contributed by atoms with Gasteiger partial charge in [-0.1, -0.05) is 29.5 Å². The molecule has 216 valence electrons. The highest BCUT2D eigenvalue weighted by atomic mass is 32.2. The Morgan fingerprint density at radius 1 is 1.15 bits per heavy atom. The Morgan fingerprint density at radius 2 is 1.95 bits per heavy atom. The van der Waals surface area contributed by atoms with Crippen LogP contribution in [-0.4, -0.2) is 57.1 Å². The van der Waals surface area contributed by atoms with Gasteiger partial charge < -0.3 is 19.1 Å². The normalized spacial score (nSPS) is 15.3. The van der Waals surface area contributed by atoms with Gasteiger partial charge in [-0.15, -0.1) is 5.10 Å². The van der Waals surface area contributed by atoms with E-state index in [1.165, 1.54) is 22.5 Å². The van der Waals surface area contributed by atoms with Crippen LogP contribution in [0.15, 0.2) is 48.5 Å². The smallest absolute Gasteiger partial charge is 0.385 e. The summed E-state index contributed by atoms with van der Waals surface area (Å²) in [6.07, 6.45) is 0.0746. The minimum absolute atomic E-state index is 0.0234. The monoisotopic (exact) mass is 580 g/mol. The van der Waals surface area contributed by atoms with Crippen molar-refractivity contribution in [1.29, 1.82) is 0 Å². The number of carbonyl (C=O) groups is 1. The highest BCUT2D eigenvalue weighted by Gasteiger charge is 2.32. The summed E-state index contributed by atoms with van der Waals surface area (Å²) in [6, 6.07) is 13.9. The second-order valence-electron chi connectivity index (χ2n) is 10.0. The van der Waals surface area contributed by atoms with Gasteiger partial charge in [0, 0.05) is 24.6 Å². The molecule has 1 unspecified atom stereocenters. The van der Waals surface area contributed by atoms with E-state index in [1.54, 1.807) is 11.6 Å². The Hall–Kier alpha value is -4.00. The molecule has 1 aliphatic rings. The molecule has 0 bridgehead atoms. The summed E-state index contributed by atoms with van der Waals surface area (Å²) in [5.74, 6) is -0.532. The van der Waals surface area contributed by atoms with Gasteiger partial charge >= 0.3 is 16.3 Å². The minimum atomic E-state index is -4.07. The Kier molecular flexibility index (Phi) is 7.98. The molecule has 2 heterocycles. The summed E-state index contributed by atoms with van der Waals surface area (Å²) in [6.45, 7) is 6.16. The van der Waals surface area contributed by atoms with Gasteiger partial charge in [0.1, 0.15) is 17.0 Å². The maximum atomic E-state index is 13.0. The lowest BCUT2D eigenvalue weighted by molar-refractivity contribution is -0.143. The van der Waals surface area contributed by atoms with E-state index in [1.807, 2.05) is 44.2 Å². The summed E-state index contributed by atoms with van der Waals surface area (Å²) in [4.78, 5) is 12.8. The first kappa shape index (κ1) is 28.5. The predicted octanol–water partition coefficient (Wildman–Crippen LogP) is 3.47. The second-order valence-corrected chi connectivity index (χ2v) is 11.6. The van der Waals surface area contributed by atoms with Gasteiger partial charge in [0.05, 0.1) is 31.7 Å². The molecule has 41 heavy (non-hydrogen) atoms. The summed E-state index contributed by atoms with van der Waals surface area (Å²) in [5.41, 5.74) is 6.18. The lowest BCUT2D eigenvalue weighted by atomic mass is 9.84. The highest BCUT2D eigenvalue weighted by molar-refractivity contribution is 7.84. The van der Waals surface area contributed by atoms with Gasteiger partial charge in [0.25, 0.3) is 0 Å². The zero-order valence-corrected chi connectivity index (χ0v) is 23.9. The van der Waals surface area contributed by atoms with Gasteiger partial charge in [-0.3, -0.25) is 4.79 Å². The molecule has 12 heteroatoms. The number of esters is 1. The number of phenols is 1. The van der Waals surface area contributed by atoms with Crippen LogP contribution in [0.25, 0.3) is 11.0 Å². The lowest BCUT2D eigenvalue weighted by Crippen LogP contribution is -2.37. The molecule has 0 aliphatic carbocycles. The van der Waals surface area contributed by atoms with Crippen molar-refractivity contribution in [2.24, 2.45) is 0 Å². The molecule has 0 amide bonds. The fourth-order valence-corrected chi connectivity index (χ4v) is 6.31. The molecular weight excluding hydrogens is 548 g/mol. The number of ether oxygens (including phenoxy) is 1. The number of aromatic nitrogens is 3. The third-order valence-electron chi connectivity index (χ3n) is 7.37. The molecule has 0 saturated heterocycles. The highest BCUT2D eigenvalue weighted by Crippen LogP contribution is 2.36. The van der Waals surface area contributed by atoms with E-state index >= 15 is 0 Å². The molecule has 0 fully saturated rings. The van der Waals surface area contributed by atoms with Crippen LogP contribution in [0, 0.1) is 13.8 Å². The van der Waals surface area contributed by atoms with E-state index in [2.05, 4.69) is 10.3 Å². The molecule has 4 aromatic rings. The number of aromatic hydroxyl groups is 1. The van der Waals surface area contributed by atoms with Gasteiger partial charge in [-0.05, 0) is 72.9 Å². The van der Waals surface area contributed by atoms with Crippen LogP contribution in [-0.2, 0) is 39.5 Å². The Morgan fingerprint density at radius 3 is 2.71 bits per heavy atom. The summed E-state index contributed by atoms with van der Waals surface area (Å²) >= 11 is 0. The van der Waals surface area contributed by atoms with Crippen LogP contribution in [0.4, 0.5) is 0 Å². The molecule has 11 nitrogen and oxygen atoms in total. The average molecular weight is 581 g/mol. The molecule has 1 aromatic heterocycles. The van der Waals surface area contributed by atoms with E-state index in [0.29, 0.717) is 17.6 Å². The zero-order chi connectivity index (χ0) is 29.3. The van der Waals surface area contributed by atoms with E-state index in [4.69, 9.17) is 8.92 Å². The van der Waals surface area contributed by atoms with Crippen molar-refractivity contribution in [2.75, 3.05) is 13.2 Å². The van der Waals surface area contributed by atoms with Crippen LogP contribution in [0.1, 0.15) is 52.6 Å². The average Bonchev–Trinajstić information content (AvgIpc) is 3.33. The van der Waals surface area contributed by atoms with Gasteiger partial charge in [-0.2, -0.15) is 12.7 Å². The van der Waals surface area contributed by atoms with E-state index in [9.17, 15) is 23.4 Å². The number of fused-ring (bicyclic) bond motifs is 2. The molecule has 0 spiro atoms. The number of aryl methyl sites for hydroxylation is 2. The number of carbonyl (C=O) groups excluding carboxylic acids is 1. The van der Waals surface area contributed by atoms with Crippen molar-refractivity contribution >= 4 is 27.3 Å². The number of nitrogens with zero attached hydrogens (tertiary/aromatic N) is 4. The zero-order valence-electron chi connectivity index (χ0n) is 23.1. The van der Waals surface area contributed by atoms with Crippen molar-refractivity contribution < 1.29 is 32.3 Å². The lowest BCUT2D eigenvalue weighted by Gasteiger charge is -2.28. The van der Waals surface area contributed by atoms with Crippen LogP contribution < -0.4 is 4.18 Å². The summed E-state index contributed by atoms with van der Waals surface area (Å²) in [5, 5.41) is 27.7. The Labute approximate surface area is 238 Å². The third-order valence-corrected chi connectivity index (χ3v) is 8.65. The van der Waals surface area contributed by atoms with Gasteiger partial charge in [-0.25, -0.2) is 4.68 Å². The fraction of sp³-hybridized carbons (Fsp3) is 0.345. The number of hydrogen-bond acceptors (Lipinski definition) is 9. The fourth-order valence-electron chi connectivity index (χ4n) is 5.22. The maximum Gasteiger partial charge on any atom is 0.385 e.